The highest BCUT2D eigenvalue weighted by Crippen LogP contribution is 2.35. The lowest BCUT2D eigenvalue weighted by atomic mass is 10.2. The summed E-state index contributed by atoms with van der Waals surface area (Å²) < 4.78 is 31.5. The third-order valence-electron chi connectivity index (χ3n) is 5.25. The molecule has 1 aliphatic rings. The first-order valence-corrected chi connectivity index (χ1v) is 11.8. The van der Waals surface area contributed by atoms with Gasteiger partial charge in [0.15, 0.2) is 11.5 Å². The van der Waals surface area contributed by atoms with Crippen molar-refractivity contribution in [1.29, 1.82) is 0 Å². The molecule has 0 amide bonds. The molecule has 10 heteroatoms. The van der Waals surface area contributed by atoms with Crippen molar-refractivity contribution < 1.29 is 8.42 Å². The molecule has 0 saturated carbocycles. The Bertz CT molecular complexity index is 1260. The summed E-state index contributed by atoms with van der Waals surface area (Å²) in [6.45, 7) is 3.41. The van der Waals surface area contributed by atoms with Crippen molar-refractivity contribution in [3.05, 3.63) is 48.2 Å². The number of sulfonamides is 1. The number of pyridine rings is 1. The predicted molar refractivity (Wildman–Crippen MR) is 111 cm³/mol. The molecule has 1 aliphatic heterocycles. The molecule has 4 aromatic rings. The van der Waals surface area contributed by atoms with Crippen molar-refractivity contribution >= 4 is 32.5 Å². The van der Waals surface area contributed by atoms with Crippen LogP contribution in [0.1, 0.15) is 19.4 Å². The van der Waals surface area contributed by atoms with E-state index in [0.717, 1.165) is 21.9 Å². The highest BCUT2D eigenvalue weighted by Gasteiger charge is 2.36. The van der Waals surface area contributed by atoms with Crippen LogP contribution in [0.2, 0.25) is 0 Å². The third-order valence-corrected chi connectivity index (χ3v) is 7.94. The van der Waals surface area contributed by atoms with Crippen LogP contribution in [0.25, 0.3) is 21.9 Å². The molecule has 1 atom stereocenters. The van der Waals surface area contributed by atoms with E-state index in [1.807, 2.05) is 36.6 Å². The molecule has 1 fully saturated rings. The third kappa shape index (κ3) is 3.07. The maximum Gasteiger partial charge on any atom is 0.246 e. The molecule has 0 radical (unpaired) electrons. The summed E-state index contributed by atoms with van der Waals surface area (Å²) in [4.78, 5) is 10.6. The lowest BCUT2D eigenvalue weighted by molar-refractivity contribution is 0.455. The molecule has 5 rings (SSSR count). The summed E-state index contributed by atoms with van der Waals surface area (Å²) in [7, 11) is -3.57. The van der Waals surface area contributed by atoms with Crippen LogP contribution in [0.3, 0.4) is 0 Å². The summed E-state index contributed by atoms with van der Waals surface area (Å²) in [5, 5.41) is 6.13. The number of aryl methyl sites for hydroxylation is 1. The van der Waals surface area contributed by atoms with Gasteiger partial charge in [0.1, 0.15) is 10.4 Å². The van der Waals surface area contributed by atoms with Gasteiger partial charge in [-0.05, 0) is 36.9 Å². The number of imidazole rings is 1. The van der Waals surface area contributed by atoms with Gasteiger partial charge < -0.3 is 4.57 Å². The first-order valence-electron chi connectivity index (χ1n) is 9.47. The standard InChI is InChI=1S/C19H20N6O2S2/c1-2-23-13-15(11-21-23)29(26,27)24-9-7-14(12-24)25-18-16(5-3-8-20-18)22-19(25)17-6-4-10-28-17/h3-6,8,10-11,13-14H,2,7,9,12H2,1H3/t14-/m1/s1. The Morgan fingerprint density at radius 3 is 2.93 bits per heavy atom. The topological polar surface area (TPSA) is 85.9 Å². The number of fused-ring (bicyclic) bond motifs is 1. The van der Waals surface area contributed by atoms with Gasteiger partial charge >= 0.3 is 0 Å². The van der Waals surface area contributed by atoms with Crippen molar-refractivity contribution in [1.82, 2.24) is 28.6 Å². The molecular weight excluding hydrogens is 408 g/mol. The molecule has 0 aromatic carbocycles. The Balaban J connectivity index is 1.52. The van der Waals surface area contributed by atoms with E-state index in [1.54, 1.807) is 32.7 Å². The summed E-state index contributed by atoms with van der Waals surface area (Å²) in [6, 6.07) is 7.81. The molecule has 0 spiro atoms. The number of thiophene rings is 1. The van der Waals surface area contributed by atoms with Crippen molar-refractivity contribution in [2.75, 3.05) is 13.1 Å². The Hall–Kier alpha value is -2.56. The Morgan fingerprint density at radius 2 is 2.17 bits per heavy atom. The maximum absolute atomic E-state index is 13.1. The van der Waals surface area contributed by atoms with E-state index in [0.29, 0.717) is 26.1 Å². The quantitative estimate of drug-likeness (QED) is 0.488. The van der Waals surface area contributed by atoms with Gasteiger partial charge in [0.25, 0.3) is 0 Å². The zero-order chi connectivity index (χ0) is 20.0. The molecule has 150 valence electrons. The normalized spacial score (nSPS) is 18.0. The maximum atomic E-state index is 13.1. The highest BCUT2D eigenvalue weighted by atomic mass is 32.2. The van der Waals surface area contributed by atoms with Gasteiger partial charge in [-0.25, -0.2) is 18.4 Å². The first kappa shape index (κ1) is 18.5. The van der Waals surface area contributed by atoms with Crippen LogP contribution in [0, 0.1) is 0 Å². The second-order valence-corrected chi connectivity index (χ2v) is 9.85. The predicted octanol–water partition coefficient (Wildman–Crippen LogP) is 3.01. The molecule has 8 nitrogen and oxygen atoms in total. The molecule has 0 aliphatic carbocycles. The second-order valence-electron chi connectivity index (χ2n) is 6.97. The minimum absolute atomic E-state index is 0.0250. The van der Waals surface area contributed by atoms with Gasteiger partial charge in [0, 0.05) is 32.0 Å². The Kier molecular flexibility index (Phi) is 4.49. The van der Waals surface area contributed by atoms with E-state index in [-0.39, 0.29) is 10.9 Å². The fraction of sp³-hybridized carbons (Fsp3) is 0.316. The fourth-order valence-corrected chi connectivity index (χ4v) is 5.95. The average Bonchev–Trinajstić information content (AvgIpc) is 3.53. The molecule has 0 bridgehead atoms. The number of aromatic nitrogens is 5. The molecule has 29 heavy (non-hydrogen) atoms. The number of hydrogen-bond acceptors (Lipinski definition) is 6. The lowest BCUT2D eigenvalue weighted by Crippen LogP contribution is -2.29. The van der Waals surface area contributed by atoms with Gasteiger partial charge in [0.2, 0.25) is 10.0 Å². The fourth-order valence-electron chi connectivity index (χ4n) is 3.79. The van der Waals surface area contributed by atoms with E-state index in [9.17, 15) is 8.42 Å². The summed E-state index contributed by atoms with van der Waals surface area (Å²) >= 11 is 1.62. The SMILES string of the molecule is CCn1cc(S(=O)(=O)N2CC[C@@H](n3c(-c4cccs4)nc4cccnc43)C2)cn1. The Morgan fingerprint density at radius 1 is 1.28 bits per heavy atom. The van der Waals surface area contributed by atoms with E-state index >= 15 is 0 Å². The minimum Gasteiger partial charge on any atom is -0.304 e. The molecular formula is C19H20N6O2S2. The van der Waals surface area contributed by atoms with Gasteiger partial charge in [-0.15, -0.1) is 11.3 Å². The van der Waals surface area contributed by atoms with Gasteiger partial charge in [-0.3, -0.25) is 4.68 Å². The molecule has 5 heterocycles. The largest absolute Gasteiger partial charge is 0.304 e. The lowest BCUT2D eigenvalue weighted by Gasteiger charge is -2.18. The van der Waals surface area contributed by atoms with Crippen LogP contribution in [-0.4, -0.2) is 50.1 Å². The van der Waals surface area contributed by atoms with Crippen molar-refractivity contribution in [3.63, 3.8) is 0 Å². The highest BCUT2D eigenvalue weighted by molar-refractivity contribution is 7.89. The van der Waals surface area contributed by atoms with Gasteiger partial charge in [-0.2, -0.15) is 9.40 Å². The van der Waals surface area contributed by atoms with Crippen molar-refractivity contribution in [2.24, 2.45) is 0 Å². The number of hydrogen-bond donors (Lipinski definition) is 0. The van der Waals surface area contributed by atoms with E-state index in [2.05, 4.69) is 14.6 Å². The van der Waals surface area contributed by atoms with Crippen LogP contribution < -0.4 is 0 Å². The van der Waals surface area contributed by atoms with Crippen LogP contribution in [0.15, 0.2) is 53.1 Å². The van der Waals surface area contributed by atoms with Crippen LogP contribution in [0.4, 0.5) is 0 Å². The van der Waals surface area contributed by atoms with Crippen LogP contribution >= 0.6 is 11.3 Å². The molecule has 0 unspecified atom stereocenters. The molecule has 0 N–H and O–H groups in total. The summed E-state index contributed by atoms with van der Waals surface area (Å²) in [6.07, 6.45) is 5.48. The van der Waals surface area contributed by atoms with Crippen molar-refractivity contribution in [3.8, 4) is 10.7 Å². The number of nitrogens with zero attached hydrogens (tertiary/aromatic N) is 6. The summed E-state index contributed by atoms with van der Waals surface area (Å²) in [5.41, 5.74) is 1.61. The zero-order valence-electron chi connectivity index (χ0n) is 15.8. The molecule has 4 aromatic heterocycles. The monoisotopic (exact) mass is 428 g/mol. The van der Waals surface area contributed by atoms with E-state index < -0.39 is 10.0 Å². The van der Waals surface area contributed by atoms with Gasteiger partial charge in [-0.1, -0.05) is 6.07 Å². The zero-order valence-corrected chi connectivity index (χ0v) is 17.5. The smallest absolute Gasteiger partial charge is 0.246 e. The van der Waals surface area contributed by atoms with E-state index in [1.165, 1.54) is 6.20 Å². The number of rotatable bonds is 5. The van der Waals surface area contributed by atoms with Gasteiger partial charge in [0.05, 0.1) is 17.1 Å². The summed E-state index contributed by atoms with van der Waals surface area (Å²) in [5.74, 6) is 0.844. The van der Waals surface area contributed by atoms with Crippen LogP contribution in [0.5, 0.6) is 0 Å². The average molecular weight is 429 g/mol. The minimum atomic E-state index is -3.57. The van der Waals surface area contributed by atoms with Crippen LogP contribution in [-0.2, 0) is 16.6 Å². The Labute approximate surface area is 172 Å². The first-order chi connectivity index (χ1) is 14.1. The van der Waals surface area contributed by atoms with Crippen molar-refractivity contribution in [2.45, 2.75) is 30.8 Å². The molecule has 1 saturated heterocycles. The second kappa shape index (κ2) is 7.05. The van der Waals surface area contributed by atoms with E-state index in [4.69, 9.17) is 4.98 Å².